The number of likely N-dealkylation sites (N-methyl/N-ethyl adjacent to an activating group) is 1. The Morgan fingerprint density at radius 2 is 2.00 bits per heavy atom. The highest BCUT2D eigenvalue weighted by Gasteiger charge is 2.21. The number of aliphatic hydroxyl groups excluding tert-OH is 1. The zero-order valence-electron chi connectivity index (χ0n) is 9.79. The number of rotatable bonds is 5. The predicted octanol–water partition coefficient (Wildman–Crippen LogP) is -2.48. The molecule has 1 unspecified atom stereocenters. The van der Waals surface area contributed by atoms with Gasteiger partial charge in [0.25, 0.3) is 6.29 Å². The first kappa shape index (κ1) is 16.8. The Morgan fingerprint density at radius 1 is 1.53 bits per heavy atom. The van der Waals surface area contributed by atoms with Gasteiger partial charge in [0.2, 0.25) is 0 Å². The summed E-state index contributed by atoms with van der Waals surface area (Å²) >= 11 is 0. The maximum atomic E-state index is 11.0. The van der Waals surface area contributed by atoms with Gasteiger partial charge in [0, 0.05) is 5.57 Å². The zero-order valence-corrected chi connectivity index (χ0v) is 10.5. The summed E-state index contributed by atoms with van der Waals surface area (Å²) in [4.78, 5) is 11.0. The molecule has 0 amide bonds. The van der Waals surface area contributed by atoms with Gasteiger partial charge in [-0.25, -0.2) is 4.79 Å². The molecule has 0 aromatic rings. The maximum Gasteiger partial charge on any atom is 0.335 e. The highest BCUT2D eigenvalue weighted by atomic mass is 35.5. The molecule has 0 rings (SSSR count). The van der Waals surface area contributed by atoms with Crippen molar-refractivity contribution >= 4 is 5.97 Å². The minimum Gasteiger partial charge on any atom is -1.00 e. The topological polar surface area (TPSA) is 46.5 Å². The number of carbonyl (C=O) groups is 1. The van der Waals surface area contributed by atoms with E-state index in [0.717, 1.165) is 6.54 Å². The summed E-state index contributed by atoms with van der Waals surface area (Å²) in [6.45, 7) is 8.24. The standard InChI is InChI=1S/C10H20NO3.ClH/c1-6-11(4,5)7-9(12)14-10(13)8(2)3;/h9,12H,2,6-7H2,1,3-5H3;1H/q+1;/p-1. The first-order valence-electron chi connectivity index (χ1n) is 4.65. The van der Waals surface area contributed by atoms with Crippen LogP contribution in [0.5, 0.6) is 0 Å². The maximum absolute atomic E-state index is 11.0. The van der Waals surface area contributed by atoms with E-state index >= 15 is 0 Å². The first-order chi connectivity index (χ1) is 6.28. The van der Waals surface area contributed by atoms with Crippen LogP contribution in [0.25, 0.3) is 0 Å². The number of hydrogen-bond donors (Lipinski definition) is 1. The molecule has 0 aromatic heterocycles. The molecule has 0 heterocycles. The molecule has 0 aliphatic rings. The number of halogens is 1. The number of ether oxygens (including phenoxy) is 1. The molecular weight excluding hydrogens is 218 g/mol. The van der Waals surface area contributed by atoms with Gasteiger partial charge in [-0.15, -0.1) is 0 Å². The Labute approximate surface area is 97.5 Å². The van der Waals surface area contributed by atoms with E-state index < -0.39 is 12.3 Å². The number of nitrogens with zero attached hydrogens (tertiary/aromatic N) is 1. The van der Waals surface area contributed by atoms with Crippen molar-refractivity contribution in [2.24, 2.45) is 0 Å². The van der Waals surface area contributed by atoms with Crippen molar-refractivity contribution in [1.82, 2.24) is 0 Å². The summed E-state index contributed by atoms with van der Waals surface area (Å²) in [5.74, 6) is -0.548. The number of esters is 1. The molecule has 0 bridgehead atoms. The van der Waals surface area contributed by atoms with Crippen molar-refractivity contribution in [1.29, 1.82) is 0 Å². The average Bonchev–Trinajstić information content (AvgIpc) is 2.02. The van der Waals surface area contributed by atoms with Crippen LogP contribution in [-0.4, -0.2) is 49.0 Å². The van der Waals surface area contributed by atoms with Crippen LogP contribution in [-0.2, 0) is 9.53 Å². The van der Waals surface area contributed by atoms with Crippen LogP contribution in [0.2, 0.25) is 0 Å². The van der Waals surface area contributed by atoms with Crippen LogP contribution >= 0.6 is 0 Å². The summed E-state index contributed by atoms with van der Waals surface area (Å²) in [5, 5.41) is 9.44. The van der Waals surface area contributed by atoms with Gasteiger partial charge in [0.15, 0.2) is 0 Å². The summed E-state index contributed by atoms with van der Waals surface area (Å²) in [6, 6.07) is 0. The van der Waals surface area contributed by atoms with Gasteiger partial charge in [-0.2, -0.15) is 0 Å². The normalized spacial score (nSPS) is 12.6. The van der Waals surface area contributed by atoms with Gasteiger partial charge in [-0.1, -0.05) is 6.58 Å². The Hall–Kier alpha value is -0.580. The van der Waals surface area contributed by atoms with Crippen molar-refractivity contribution < 1.29 is 31.5 Å². The molecule has 1 N–H and O–H groups in total. The summed E-state index contributed by atoms with van der Waals surface area (Å²) in [5.41, 5.74) is 0.297. The number of aliphatic hydroxyl groups is 1. The number of quaternary nitrogens is 1. The Morgan fingerprint density at radius 3 is 2.33 bits per heavy atom. The number of hydrogen-bond acceptors (Lipinski definition) is 3. The Balaban J connectivity index is 0. The van der Waals surface area contributed by atoms with Gasteiger partial charge in [-0.3, -0.25) is 0 Å². The van der Waals surface area contributed by atoms with Gasteiger partial charge < -0.3 is 26.7 Å². The molecule has 5 heteroatoms. The fourth-order valence-corrected chi connectivity index (χ4v) is 0.813. The number of carbonyl (C=O) groups excluding carboxylic acids is 1. The smallest absolute Gasteiger partial charge is 0.335 e. The third-order valence-corrected chi connectivity index (χ3v) is 2.10. The largest absolute Gasteiger partial charge is 1.00 e. The predicted molar refractivity (Wildman–Crippen MR) is 54.4 cm³/mol. The van der Waals surface area contributed by atoms with E-state index in [1.165, 1.54) is 0 Å². The molecule has 0 aliphatic heterocycles. The van der Waals surface area contributed by atoms with Gasteiger partial charge in [-0.05, 0) is 13.8 Å². The summed E-state index contributed by atoms with van der Waals surface area (Å²) in [7, 11) is 3.91. The molecule has 0 radical (unpaired) electrons. The monoisotopic (exact) mass is 237 g/mol. The Kier molecular flexibility index (Phi) is 7.66. The van der Waals surface area contributed by atoms with E-state index in [9.17, 15) is 9.90 Å². The van der Waals surface area contributed by atoms with E-state index in [1.54, 1.807) is 6.92 Å². The third kappa shape index (κ3) is 7.36. The lowest BCUT2D eigenvalue weighted by atomic mass is 10.3. The van der Waals surface area contributed by atoms with Crippen LogP contribution in [0.15, 0.2) is 12.2 Å². The van der Waals surface area contributed by atoms with E-state index in [-0.39, 0.29) is 12.4 Å². The fraction of sp³-hybridized carbons (Fsp3) is 0.700. The lowest BCUT2D eigenvalue weighted by Crippen LogP contribution is -3.00. The molecule has 90 valence electrons. The van der Waals surface area contributed by atoms with Crippen LogP contribution in [0, 0.1) is 0 Å². The van der Waals surface area contributed by atoms with Crippen LogP contribution in [0.1, 0.15) is 13.8 Å². The van der Waals surface area contributed by atoms with Crippen LogP contribution in [0.4, 0.5) is 0 Å². The quantitative estimate of drug-likeness (QED) is 0.249. The zero-order chi connectivity index (χ0) is 11.4. The molecule has 15 heavy (non-hydrogen) atoms. The molecule has 4 nitrogen and oxygen atoms in total. The highest BCUT2D eigenvalue weighted by molar-refractivity contribution is 5.86. The average molecular weight is 238 g/mol. The van der Waals surface area contributed by atoms with Gasteiger partial charge in [0.05, 0.1) is 20.6 Å². The van der Waals surface area contributed by atoms with Gasteiger partial charge >= 0.3 is 5.97 Å². The van der Waals surface area contributed by atoms with E-state index in [0.29, 0.717) is 16.6 Å². The molecule has 0 saturated carbocycles. The van der Waals surface area contributed by atoms with Crippen molar-refractivity contribution in [2.75, 3.05) is 27.2 Å². The highest BCUT2D eigenvalue weighted by Crippen LogP contribution is 2.02. The lowest BCUT2D eigenvalue weighted by molar-refractivity contribution is -0.894. The van der Waals surface area contributed by atoms with Crippen LogP contribution in [0.3, 0.4) is 0 Å². The van der Waals surface area contributed by atoms with E-state index in [1.807, 2.05) is 21.0 Å². The van der Waals surface area contributed by atoms with Crippen molar-refractivity contribution in [3.05, 3.63) is 12.2 Å². The molecule has 0 spiro atoms. The second-order valence-corrected chi connectivity index (χ2v) is 4.07. The van der Waals surface area contributed by atoms with E-state index in [4.69, 9.17) is 4.74 Å². The molecular formula is C10H20ClNO3. The lowest BCUT2D eigenvalue weighted by Gasteiger charge is -2.29. The second-order valence-electron chi connectivity index (χ2n) is 4.07. The SMILES string of the molecule is C=C(C)C(=O)OC(O)C[N+](C)(C)CC.[Cl-]. The van der Waals surface area contributed by atoms with E-state index in [2.05, 4.69) is 6.58 Å². The van der Waals surface area contributed by atoms with Gasteiger partial charge in [0.1, 0.15) is 6.54 Å². The Bertz CT molecular complexity index is 229. The van der Waals surface area contributed by atoms with Crippen molar-refractivity contribution in [3.63, 3.8) is 0 Å². The first-order valence-corrected chi connectivity index (χ1v) is 4.65. The van der Waals surface area contributed by atoms with Crippen LogP contribution < -0.4 is 12.4 Å². The molecule has 1 atom stereocenters. The molecule has 0 saturated heterocycles. The van der Waals surface area contributed by atoms with Crippen molar-refractivity contribution in [3.8, 4) is 0 Å². The third-order valence-electron chi connectivity index (χ3n) is 2.10. The molecule has 0 fully saturated rings. The summed E-state index contributed by atoms with van der Waals surface area (Å²) < 4.78 is 5.35. The van der Waals surface area contributed by atoms with Crippen molar-refractivity contribution in [2.45, 2.75) is 20.1 Å². The fourth-order valence-electron chi connectivity index (χ4n) is 0.813. The second kappa shape index (κ2) is 6.82. The summed E-state index contributed by atoms with van der Waals surface area (Å²) in [6.07, 6.45) is -1.06. The minimum absolute atomic E-state index is 0. The molecule has 0 aliphatic carbocycles. The molecule has 0 aromatic carbocycles. The minimum atomic E-state index is -1.06.